The minimum atomic E-state index is -1.50. The van der Waals surface area contributed by atoms with Crippen molar-refractivity contribution in [2.24, 2.45) is 10.7 Å². The van der Waals surface area contributed by atoms with Crippen molar-refractivity contribution in [1.29, 1.82) is 0 Å². The summed E-state index contributed by atoms with van der Waals surface area (Å²) in [6, 6.07) is 8.28. The number of thioether (sulfide) groups is 1. The highest BCUT2D eigenvalue weighted by molar-refractivity contribution is 8.13. The van der Waals surface area contributed by atoms with E-state index in [4.69, 9.17) is 21.1 Å². The Bertz CT molecular complexity index is 451. The molecule has 3 N–H and O–H groups in total. The van der Waals surface area contributed by atoms with Gasteiger partial charge in [0.1, 0.15) is 0 Å². The fraction of sp³-hybridized carbons (Fsp3) is 0.462. The average molecular weight is 351 g/mol. The molecule has 1 rings (SSSR count). The molecule has 7 nitrogen and oxygen atoms in total. The summed E-state index contributed by atoms with van der Waals surface area (Å²) < 4.78 is 0. The molecule has 0 aliphatic rings. The topological polar surface area (TPSA) is 105 Å². The molecular weight excluding hydrogens is 328 g/mol. The highest BCUT2D eigenvalue weighted by atomic mass is 35.5. The monoisotopic (exact) mass is 350 g/mol. The van der Waals surface area contributed by atoms with E-state index in [0.717, 1.165) is 24.4 Å². The van der Waals surface area contributed by atoms with E-state index in [2.05, 4.69) is 43.0 Å². The maximum atomic E-state index is 8.36. The minimum Gasteiger partial charge on any atom is -0.378 e. The van der Waals surface area contributed by atoms with Crippen molar-refractivity contribution in [2.75, 3.05) is 26.4 Å². The summed E-state index contributed by atoms with van der Waals surface area (Å²) in [5, 5.41) is 14.3. The van der Waals surface area contributed by atoms with Crippen LogP contribution in [0.5, 0.6) is 0 Å². The predicted octanol–water partition coefficient (Wildman–Crippen LogP) is 2.56. The summed E-state index contributed by atoms with van der Waals surface area (Å²) >= 11 is 1.57. The Morgan fingerprint density at radius 2 is 1.91 bits per heavy atom. The van der Waals surface area contributed by atoms with E-state index in [0.29, 0.717) is 5.17 Å². The fourth-order valence-corrected chi connectivity index (χ4v) is 1.86. The largest absolute Gasteiger partial charge is 0.378 e. The molecule has 0 bridgehead atoms. The van der Waals surface area contributed by atoms with Crippen LogP contribution in [0.1, 0.15) is 12.5 Å². The molecule has 0 atom stereocenters. The van der Waals surface area contributed by atoms with Gasteiger partial charge in [-0.1, -0.05) is 30.8 Å². The number of hydrogen-bond acceptors (Lipinski definition) is 5. The first-order chi connectivity index (χ1) is 9.85. The van der Waals surface area contributed by atoms with Gasteiger partial charge in [0.15, 0.2) is 5.17 Å². The second-order valence-electron chi connectivity index (χ2n) is 4.34. The van der Waals surface area contributed by atoms with Gasteiger partial charge < -0.3 is 15.8 Å². The molecular formula is C13H23ClN4O3S. The van der Waals surface area contributed by atoms with Gasteiger partial charge in [0.25, 0.3) is 5.09 Å². The third-order valence-corrected chi connectivity index (χ3v) is 2.99. The third kappa shape index (κ3) is 13.5. The Kier molecular flexibility index (Phi) is 13.6. The van der Waals surface area contributed by atoms with Crippen LogP contribution in [0.4, 0.5) is 5.69 Å². The summed E-state index contributed by atoms with van der Waals surface area (Å²) in [6.07, 6.45) is 1.07. The first kappa shape index (κ1) is 22.8. The summed E-state index contributed by atoms with van der Waals surface area (Å²) in [7, 11) is 4.17. The van der Waals surface area contributed by atoms with Crippen LogP contribution in [0.2, 0.25) is 0 Å². The van der Waals surface area contributed by atoms with Crippen LogP contribution in [-0.2, 0) is 6.42 Å². The van der Waals surface area contributed by atoms with E-state index >= 15 is 0 Å². The molecule has 0 amide bonds. The van der Waals surface area contributed by atoms with Gasteiger partial charge >= 0.3 is 0 Å². The van der Waals surface area contributed by atoms with Crippen LogP contribution in [0.3, 0.4) is 0 Å². The van der Waals surface area contributed by atoms with Crippen LogP contribution in [0, 0.1) is 10.1 Å². The quantitative estimate of drug-likeness (QED) is 0.366. The smallest absolute Gasteiger partial charge is 0.291 e. The molecule has 0 fully saturated rings. The number of aliphatic imine (C=N–C) groups is 1. The van der Waals surface area contributed by atoms with Gasteiger partial charge in [-0.15, -0.1) is 22.5 Å². The Morgan fingerprint density at radius 3 is 2.32 bits per heavy atom. The number of nitrogens with two attached hydrogens (primary N) is 1. The molecule has 1 aromatic rings. The number of nitrogens with zero attached hydrogens (tertiary/aromatic N) is 3. The third-order valence-electron chi connectivity index (χ3n) is 2.32. The van der Waals surface area contributed by atoms with Crippen LogP contribution in [-0.4, -0.2) is 46.8 Å². The van der Waals surface area contributed by atoms with Gasteiger partial charge in [-0.2, -0.15) is 0 Å². The zero-order chi connectivity index (χ0) is 16.3. The number of halogens is 1. The van der Waals surface area contributed by atoms with Crippen LogP contribution in [0.15, 0.2) is 29.3 Å². The number of benzene rings is 1. The molecule has 0 saturated carbocycles. The highest BCUT2D eigenvalue weighted by Gasteiger charge is 1.97. The van der Waals surface area contributed by atoms with Gasteiger partial charge in [0.2, 0.25) is 0 Å². The molecule has 9 heteroatoms. The van der Waals surface area contributed by atoms with Gasteiger partial charge in [-0.05, 0) is 44.0 Å². The summed E-state index contributed by atoms with van der Waals surface area (Å²) in [4.78, 5) is 14.9. The van der Waals surface area contributed by atoms with Crippen LogP contribution in [0.25, 0.3) is 0 Å². The Morgan fingerprint density at radius 1 is 1.41 bits per heavy atom. The van der Waals surface area contributed by atoms with Gasteiger partial charge in [0.05, 0.1) is 5.69 Å². The van der Waals surface area contributed by atoms with E-state index in [1.807, 2.05) is 12.1 Å². The lowest BCUT2D eigenvalue weighted by molar-refractivity contribution is -0.742. The first-order valence-corrected chi connectivity index (χ1v) is 7.37. The second kappa shape index (κ2) is 13.2. The van der Waals surface area contributed by atoms with E-state index < -0.39 is 5.09 Å². The average Bonchev–Trinajstić information content (AvgIpc) is 2.37. The normalized spacial score (nSPS) is 10.5. The summed E-state index contributed by atoms with van der Waals surface area (Å²) in [6.45, 7) is 3.13. The zero-order valence-corrected chi connectivity index (χ0v) is 14.6. The van der Waals surface area contributed by atoms with E-state index in [9.17, 15) is 0 Å². The molecule has 0 unspecified atom stereocenters. The van der Waals surface area contributed by atoms with E-state index in [-0.39, 0.29) is 12.4 Å². The van der Waals surface area contributed by atoms with Gasteiger partial charge in [-0.3, -0.25) is 0 Å². The van der Waals surface area contributed by atoms with Gasteiger partial charge in [0, 0.05) is 6.54 Å². The van der Waals surface area contributed by atoms with Crippen molar-refractivity contribution >= 4 is 35.0 Å². The number of rotatable bonds is 5. The van der Waals surface area contributed by atoms with Crippen molar-refractivity contribution in [2.45, 2.75) is 13.3 Å². The Balaban J connectivity index is 0. The molecule has 0 radical (unpaired) electrons. The van der Waals surface area contributed by atoms with E-state index in [1.165, 1.54) is 5.56 Å². The molecule has 0 spiro atoms. The summed E-state index contributed by atoms with van der Waals surface area (Å²) in [5.41, 5.74) is 8.02. The van der Waals surface area contributed by atoms with E-state index in [1.54, 1.807) is 11.8 Å². The first-order valence-electron chi connectivity index (χ1n) is 6.39. The molecule has 1 aromatic carbocycles. The van der Waals surface area contributed by atoms with Crippen molar-refractivity contribution in [3.05, 3.63) is 39.9 Å². The Hall–Kier alpha value is -1.51. The molecule has 0 aromatic heterocycles. The van der Waals surface area contributed by atoms with Crippen molar-refractivity contribution in [1.82, 2.24) is 4.90 Å². The molecule has 0 heterocycles. The number of amidine groups is 1. The lowest BCUT2D eigenvalue weighted by atomic mass is 10.1. The van der Waals surface area contributed by atoms with Crippen LogP contribution < -0.4 is 5.73 Å². The number of likely N-dealkylation sites (N-methyl/N-ethyl adjacent to an activating group) is 1. The maximum absolute atomic E-state index is 8.36. The summed E-state index contributed by atoms with van der Waals surface area (Å²) in [5.74, 6) is 0.955. The maximum Gasteiger partial charge on any atom is 0.291 e. The predicted molar refractivity (Wildman–Crippen MR) is 94.1 cm³/mol. The zero-order valence-electron chi connectivity index (χ0n) is 12.9. The minimum absolute atomic E-state index is 0. The lowest BCUT2D eigenvalue weighted by Crippen LogP contribution is -2.14. The standard InChI is InChI=1S/C13H21N3S.ClH.HNO3/c1-4-17-13(14)15-12-7-5-11(6-8-12)9-10-16(2)3;;2-1(3)4/h5-8H,4,9-10H2,1-3H3,(H2,14,15);1H;(H,2,3,4). The fourth-order valence-electron chi connectivity index (χ4n) is 1.40. The second-order valence-corrected chi connectivity index (χ2v) is 5.62. The molecule has 0 aliphatic carbocycles. The molecule has 0 saturated heterocycles. The Labute approximate surface area is 141 Å². The molecule has 22 heavy (non-hydrogen) atoms. The SMILES string of the molecule is CCSC(N)=Nc1ccc(CCN(C)C)cc1.Cl.O=[N+]([O-])O. The van der Waals surface area contributed by atoms with Gasteiger partial charge in [-0.25, -0.2) is 4.99 Å². The molecule has 126 valence electrons. The van der Waals surface area contributed by atoms with Crippen molar-refractivity contribution in [3.8, 4) is 0 Å². The molecule has 0 aliphatic heterocycles. The highest BCUT2D eigenvalue weighted by Crippen LogP contribution is 2.15. The number of hydrogen-bond donors (Lipinski definition) is 2. The van der Waals surface area contributed by atoms with Crippen molar-refractivity contribution < 1.29 is 10.3 Å². The van der Waals surface area contributed by atoms with Crippen molar-refractivity contribution in [3.63, 3.8) is 0 Å². The van der Waals surface area contributed by atoms with Crippen LogP contribution >= 0.6 is 24.2 Å². The lowest BCUT2D eigenvalue weighted by Gasteiger charge is -2.09.